The van der Waals surface area contributed by atoms with Crippen molar-refractivity contribution in [1.82, 2.24) is 14.1 Å². The number of carboxylic acids is 1. The Kier molecular flexibility index (Phi) is 7.29. The van der Waals surface area contributed by atoms with Gasteiger partial charge in [-0.2, -0.15) is 0 Å². The molecule has 0 aliphatic carbocycles. The summed E-state index contributed by atoms with van der Waals surface area (Å²) >= 11 is 1.19. The molecule has 1 aromatic carbocycles. The number of aryl methyl sites for hydroxylation is 1. The van der Waals surface area contributed by atoms with Crippen LogP contribution in [0.25, 0.3) is 21.0 Å². The molecule has 4 aromatic rings. The highest BCUT2D eigenvalue weighted by Crippen LogP contribution is 2.39. The summed E-state index contributed by atoms with van der Waals surface area (Å²) in [5.41, 5.74) is -2.05. The number of para-hydroxylation sites is 1. The van der Waals surface area contributed by atoms with Gasteiger partial charge < -0.3 is 28.5 Å². The molecule has 2 aliphatic heterocycles. The van der Waals surface area contributed by atoms with E-state index in [4.69, 9.17) is 23.4 Å². The quantitative estimate of drug-likeness (QED) is 0.303. The summed E-state index contributed by atoms with van der Waals surface area (Å²) in [5.74, 6) is -0.449. The van der Waals surface area contributed by atoms with E-state index in [1.807, 2.05) is 24.3 Å². The standard InChI is InChI=1S/C29H31N3O9S/c1-15-22-25(33)32(29(2,3)27(34)35)28(36)31(26(22)42-23(15)24-30-9-10-38-24)13-20(18-7-5-6-8-19(18)37-4)40-16-11-17-14-39-21(12-16)41-17/h5-10,16-17,20-21H,11-14H2,1-4H3,(H,34,35)/t16-,17-,20?,21?/m0/s1. The van der Waals surface area contributed by atoms with E-state index in [9.17, 15) is 19.5 Å². The highest BCUT2D eigenvalue weighted by molar-refractivity contribution is 7.22. The number of aromatic nitrogens is 3. The normalized spacial score (nSPS) is 21.1. The van der Waals surface area contributed by atoms with Gasteiger partial charge in [0, 0.05) is 18.4 Å². The number of oxazole rings is 1. The van der Waals surface area contributed by atoms with Gasteiger partial charge in [-0.05, 0) is 32.4 Å². The van der Waals surface area contributed by atoms with Gasteiger partial charge in [-0.25, -0.2) is 19.1 Å². The number of nitrogens with zero attached hydrogens (tertiary/aromatic N) is 3. The van der Waals surface area contributed by atoms with Crippen LogP contribution >= 0.6 is 11.3 Å². The number of ether oxygens (including phenoxy) is 4. The van der Waals surface area contributed by atoms with Crippen molar-refractivity contribution in [3.63, 3.8) is 0 Å². The molecule has 2 fully saturated rings. The summed E-state index contributed by atoms with van der Waals surface area (Å²) in [7, 11) is 1.56. The Morgan fingerprint density at radius 1 is 1.26 bits per heavy atom. The Morgan fingerprint density at radius 2 is 2.05 bits per heavy atom. The second-order valence-electron chi connectivity index (χ2n) is 11.0. The Bertz CT molecular complexity index is 1740. The predicted octanol–water partition coefficient (Wildman–Crippen LogP) is 3.68. The number of hydrogen-bond donors (Lipinski definition) is 1. The lowest BCUT2D eigenvalue weighted by molar-refractivity contribution is -0.147. The third-order valence-electron chi connectivity index (χ3n) is 7.91. The van der Waals surface area contributed by atoms with Crippen molar-refractivity contribution in [3.05, 3.63) is 68.7 Å². The molecule has 6 rings (SSSR count). The molecule has 0 saturated carbocycles. The van der Waals surface area contributed by atoms with Gasteiger partial charge in [0.25, 0.3) is 5.56 Å². The van der Waals surface area contributed by atoms with Crippen molar-refractivity contribution in [2.45, 2.75) is 70.3 Å². The topological polar surface area (TPSA) is 144 Å². The van der Waals surface area contributed by atoms with E-state index in [1.54, 1.807) is 14.0 Å². The lowest BCUT2D eigenvalue weighted by Gasteiger charge is -2.31. The van der Waals surface area contributed by atoms with Crippen molar-refractivity contribution >= 4 is 27.5 Å². The number of methoxy groups -OCH3 is 1. The molecule has 1 N–H and O–H groups in total. The molecule has 42 heavy (non-hydrogen) atoms. The Hall–Kier alpha value is -3.78. The van der Waals surface area contributed by atoms with Crippen molar-refractivity contribution in [2.75, 3.05) is 13.7 Å². The second kappa shape index (κ2) is 10.8. The number of fused-ring (bicyclic) bond motifs is 3. The van der Waals surface area contributed by atoms with E-state index in [-0.39, 0.29) is 30.4 Å². The van der Waals surface area contributed by atoms with E-state index in [0.717, 1.165) is 4.57 Å². The molecule has 12 nitrogen and oxygen atoms in total. The zero-order chi connectivity index (χ0) is 29.8. The number of hydrogen-bond acceptors (Lipinski definition) is 10. The molecule has 2 unspecified atom stereocenters. The Labute approximate surface area is 244 Å². The molecule has 5 heterocycles. The van der Waals surface area contributed by atoms with E-state index < -0.39 is 28.9 Å². The monoisotopic (exact) mass is 597 g/mol. The van der Waals surface area contributed by atoms with Crippen LogP contribution in [0.2, 0.25) is 0 Å². The molecule has 0 spiro atoms. The molecule has 3 aromatic heterocycles. The van der Waals surface area contributed by atoms with Crippen LogP contribution in [0.15, 0.2) is 50.7 Å². The smallest absolute Gasteiger partial charge is 0.333 e. The number of aliphatic carboxylic acids is 1. The van der Waals surface area contributed by atoms with Crippen LogP contribution in [-0.2, 0) is 31.1 Å². The van der Waals surface area contributed by atoms with Crippen LogP contribution < -0.4 is 16.0 Å². The van der Waals surface area contributed by atoms with E-state index in [0.29, 0.717) is 51.9 Å². The summed E-state index contributed by atoms with van der Waals surface area (Å²) in [6.45, 7) is 4.87. The minimum absolute atomic E-state index is 0.0236. The van der Waals surface area contributed by atoms with Crippen LogP contribution in [0.1, 0.15) is 43.9 Å². The molecule has 2 aliphatic rings. The van der Waals surface area contributed by atoms with Gasteiger partial charge >= 0.3 is 11.7 Å². The summed E-state index contributed by atoms with van der Waals surface area (Å²) in [6, 6.07) is 7.37. The van der Waals surface area contributed by atoms with E-state index in [2.05, 4.69) is 4.98 Å². The first-order chi connectivity index (χ1) is 20.1. The molecule has 2 saturated heterocycles. The maximum atomic E-state index is 14.2. The van der Waals surface area contributed by atoms with Crippen LogP contribution in [0, 0.1) is 6.92 Å². The summed E-state index contributed by atoms with van der Waals surface area (Å²) in [5, 5.41) is 10.3. The van der Waals surface area contributed by atoms with Gasteiger partial charge in [0.15, 0.2) is 6.29 Å². The van der Waals surface area contributed by atoms with Crippen LogP contribution in [-0.4, -0.2) is 57.4 Å². The lowest BCUT2D eigenvalue weighted by atomic mass is 10.0. The Balaban J connectivity index is 1.55. The summed E-state index contributed by atoms with van der Waals surface area (Å²) in [6.07, 6.45) is 2.69. The largest absolute Gasteiger partial charge is 0.496 e. The zero-order valence-electron chi connectivity index (χ0n) is 23.6. The molecule has 13 heteroatoms. The maximum absolute atomic E-state index is 14.2. The molecule has 4 atom stereocenters. The van der Waals surface area contributed by atoms with Crippen molar-refractivity contribution in [1.29, 1.82) is 0 Å². The highest BCUT2D eigenvalue weighted by Gasteiger charge is 2.39. The van der Waals surface area contributed by atoms with Gasteiger partial charge in [-0.15, -0.1) is 11.3 Å². The first-order valence-electron chi connectivity index (χ1n) is 13.6. The van der Waals surface area contributed by atoms with E-state index >= 15 is 0 Å². The fraction of sp³-hybridized carbons (Fsp3) is 0.448. The fourth-order valence-corrected chi connectivity index (χ4v) is 6.89. The second-order valence-corrected chi connectivity index (χ2v) is 12.0. The third kappa shape index (κ3) is 4.75. The molecule has 0 amide bonds. The van der Waals surface area contributed by atoms with Crippen LogP contribution in [0.3, 0.4) is 0 Å². The van der Waals surface area contributed by atoms with Crippen LogP contribution in [0.4, 0.5) is 0 Å². The molecule has 222 valence electrons. The first kappa shape index (κ1) is 28.3. The van der Waals surface area contributed by atoms with Crippen molar-refractivity contribution in [2.24, 2.45) is 0 Å². The molecular weight excluding hydrogens is 566 g/mol. The number of rotatable bonds is 9. The van der Waals surface area contributed by atoms with Gasteiger partial charge in [0.05, 0.1) is 48.9 Å². The Morgan fingerprint density at radius 3 is 2.74 bits per heavy atom. The maximum Gasteiger partial charge on any atom is 0.333 e. The highest BCUT2D eigenvalue weighted by atomic mass is 32.1. The minimum atomic E-state index is -1.83. The number of thiophene rings is 1. The van der Waals surface area contributed by atoms with Crippen molar-refractivity contribution in [3.8, 4) is 16.5 Å². The average molecular weight is 598 g/mol. The molecule has 2 bridgehead atoms. The fourth-order valence-electron chi connectivity index (χ4n) is 5.65. The molecular formula is C29H31N3O9S. The third-order valence-corrected chi connectivity index (χ3v) is 9.21. The minimum Gasteiger partial charge on any atom is -0.496 e. The number of benzene rings is 1. The van der Waals surface area contributed by atoms with Gasteiger partial charge in [0.1, 0.15) is 28.5 Å². The zero-order valence-corrected chi connectivity index (χ0v) is 24.4. The summed E-state index contributed by atoms with van der Waals surface area (Å²) < 4.78 is 31.6. The predicted molar refractivity (Wildman–Crippen MR) is 152 cm³/mol. The van der Waals surface area contributed by atoms with E-state index in [1.165, 1.54) is 42.2 Å². The molecule has 0 radical (unpaired) electrons. The van der Waals surface area contributed by atoms with Gasteiger partial charge in [-0.3, -0.25) is 9.36 Å². The summed E-state index contributed by atoms with van der Waals surface area (Å²) in [4.78, 5) is 45.6. The van der Waals surface area contributed by atoms with Gasteiger partial charge in [-0.1, -0.05) is 18.2 Å². The average Bonchev–Trinajstić information content (AvgIpc) is 3.69. The first-order valence-corrected chi connectivity index (χ1v) is 14.4. The van der Waals surface area contributed by atoms with Crippen molar-refractivity contribution < 1.29 is 33.3 Å². The number of carboxylic acid groups (broad SMARTS) is 1. The van der Waals surface area contributed by atoms with Crippen LogP contribution in [0.5, 0.6) is 5.75 Å². The number of carbonyl (C=O) groups is 1. The lowest BCUT2D eigenvalue weighted by Crippen LogP contribution is -2.52. The van der Waals surface area contributed by atoms with Gasteiger partial charge in [0.2, 0.25) is 5.89 Å². The SMILES string of the molecule is COc1ccccc1C(Cn1c(=O)n(C(C)(C)C(=O)O)c(=O)c2c(C)c(-c3ncco3)sc21)O[C@@H]1CC2OC[C@H](C1)O2.